The molecule has 2 rings (SSSR count). The summed E-state index contributed by atoms with van der Waals surface area (Å²) in [5, 5.41) is 17.9. The molecule has 0 radical (unpaired) electrons. The Bertz CT molecular complexity index is 603. The van der Waals surface area contributed by atoms with E-state index in [4.69, 9.17) is 5.73 Å². The van der Waals surface area contributed by atoms with E-state index in [1.54, 1.807) is 6.92 Å². The molecule has 0 amide bonds. The summed E-state index contributed by atoms with van der Waals surface area (Å²) in [6, 6.07) is -0.220. The molecule has 0 spiro atoms. The average molecular weight is 267 g/mol. The molecule has 2 N–H and O–H groups in total. The summed E-state index contributed by atoms with van der Waals surface area (Å²) in [4.78, 5) is 14.7. The summed E-state index contributed by atoms with van der Waals surface area (Å²) in [5.41, 5.74) is 6.78. The van der Waals surface area contributed by atoms with E-state index < -0.39 is 4.92 Å². The molecule has 7 nitrogen and oxygen atoms in total. The maximum Gasteiger partial charge on any atom is 0.333 e. The normalized spacial score (nSPS) is 12.6. The Labute approximate surface area is 107 Å². The van der Waals surface area contributed by atoms with Crippen molar-refractivity contribution in [2.45, 2.75) is 26.8 Å². The lowest BCUT2D eigenvalue weighted by molar-refractivity contribution is -0.384. The third kappa shape index (κ3) is 1.94. The van der Waals surface area contributed by atoms with E-state index in [-0.39, 0.29) is 17.5 Å². The number of rotatable bonds is 3. The van der Waals surface area contributed by atoms with E-state index in [1.165, 1.54) is 16.0 Å². The second kappa shape index (κ2) is 4.37. The molecule has 0 aliphatic rings. The topological polar surface area (TPSA) is 99.9 Å². The van der Waals surface area contributed by atoms with Crippen LogP contribution in [0.1, 0.15) is 29.4 Å². The molecule has 1 unspecified atom stereocenters. The van der Waals surface area contributed by atoms with Gasteiger partial charge in [-0.1, -0.05) is 0 Å². The average Bonchev–Trinajstić information content (AvgIpc) is 2.82. The van der Waals surface area contributed by atoms with E-state index in [9.17, 15) is 10.1 Å². The van der Waals surface area contributed by atoms with Crippen LogP contribution in [0.5, 0.6) is 0 Å². The molecule has 0 saturated carbocycles. The monoisotopic (exact) mass is 267 g/mol. The Hall–Kier alpha value is -1.96. The summed E-state index contributed by atoms with van der Waals surface area (Å²) < 4.78 is 1.45. The standard InChI is InChI=1S/C10H13N5O2S/c1-5-9(15(16)17)10(11)14(13-5)6(2)8-4-18-7(3)12-8/h4,6H,11H2,1-3H3. The van der Waals surface area contributed by atoms with Crippen LogP contribution in [-0.4, -0.2) is 19.7 Å². The van der Waals surface area contributed by atoms with Gasteiger partial charge >= 0.3 is 5.69 Å². The van der Waals surface area contributed by atoms with Gasteiger partial charge in [-0.25, -0.2) is 9.67 Å². The molecule has 2 aromatic rings. The van der Waals surface area contributed by atoms with E-state index in [0.29, 0.717) is 5.69 Å². The number of hydrogen-bond donors (Lipinski definition) is 1. The molecule has 0 aliphatic carbocycles. The van der Waals surface area contributed by atoms with Crippen LogP contribution in [0.2, 0.25) is 0 Å². The molecular formula is C10H13N5O2S. The first-order chi connectivity index (χ1) is 8.41. The van der Waals surface area contributed by atoms with Crippen LogP contribution in [0, 0.1) is 24.0 Å². The van der Waals surface area contributed by atoms with Gasteiger partial charge in [0.2, 0.25) is 5.82 Å². The number of nitro groups is 1. The Balaban J connectivity index is 2.46. The van der Waals surface area contributed by atoms with E-state index in [1.807, 2.05) is 19.2 Å². The van der Waals surface area contributed by atoms with E-state index >= 15 is 0 Å². The zero-order valence-corrected chi connectivity index (χ0v) is 11.1. The van der Waals surface area contributed by atoms with Crippen molar-refractivity contribution >= 4 is 22.8 Å². The van der Waals surface area contributed by atoms with Gasteiger partial charge in [0.05, 0.1) is 21.7 Å². The van der Waals surface area contributed by atoms with Gasteiger partial charge in [0.15, 0.2) is 0 Å². The first kappa shape index (κ1) is 12.5. The van der Waals surface area contributed by atoms with Crippen LogP contribution in [-0.2, 0) is 0 Å². The van der Waals surface area contributed by atoms with Crippen LogP contribution in [0.25, 0.3) is 0 Å². The number of anilines is 1. The van der Waals surface area contributed by atoms with Gasteiger partial charge in [-0.05, 0) is 20.8 Å². The maximum absolute atomic E-state index is 10.9. The summed E-state index contributed by atoms with van der Waals surface area (Å²) >= 11 is 1.52. The highest BCUT2D eigenvalue weighted by Gasteiger charge is 2.26. The van der Waals surface area contributed by atoms with E-state index in [2.05, 4.69) is 10.1 Å². The van der Waals surface area contributed by atoms with Crippen LogP contribution in [0.4, 0.5) is 11.5 Å². The van der Waals surface area contributed by atoms with Crippen LogP contribution < -0.4 is 5.73 Å². The smallest absolute Gasteiger partial charge is 0.333 e. The number of nitrogen functional groups attached to an aromatic ring is 1. The molecule has 8 heteroatoms. The number of nitrogens with zero attached hydrogens (tertiary/aromatic N) is 4. The first-order valence-electron chi connectivity index (χ1n) is 5.32. The van der Waals surface area contributed by atoms with Crippen molar-refractivity contribution in [3.8, 4) is 0 Å². The molecule has 1 atom stereocenters. The zero-order valence-electron chi connectivity index (χ0n) is 10.2. The number of thiazole rings is 1. The minimum absolute atomic E-state index is 0.0654. The van der Waals surface area contributed by atoms with Crippen LogP contribution >= 0.6 is 11.3 Å². The van der Waals surface area contributed by atoms with Crippen LogP contribution in [0.3, 0.4) is 0 Å². The fraction of sp³-hybridized carbons (Fsp3) is 0.400. The molecule has 18 heavy (non-hydrogen) atoms. The van der Waals surface area contributed by atoms with Gasteiger partial charge < -0.3 is 5.73 Å². The second-order valence-electron chi connectivity index (χ2n) is 3.99. The molecule has 0 bridgehead atoms. The Morgan fingerprint density at radius 3 is 2.67 bits per heavy atom. The molecule has 2 aromatic heterocycles. The van der Waals surface area contributed by atoms with Gasteiger partial charge in [0, 0.05) is 5.38 Å². The number of aromatic nitrogens is 3. The highest BCUT2D eigenvalue weighted by atomic mass is 32.1. The SMILES string of the molecule is Cc1nc(C(C)n2nc(C)c([N+](=O)[O-])c2N)cs1. The van der Waals surface area contributed by atoms with Crippen molar-refractivity contribution in [1.29, 1.82) is 0 Å². The Morgan fingerprint density at radius 2 is 2.22 bits per heavy atom. The maximum atomic E-state index is 10.9. The van der Waals surface area contributed by atoms with Crippen molar-refractivity contribution in [2.24, 2.45) is 0 Å². The summed E-state index contributed by atoms with van der Waals surface area (Å²) in [6.45, 7) is 5.34. The predicted molar refractivity (Wildman–Crippen MR) is 68.7 cm³/mol. The van der Waals surface area contributed by atoms with Crippen molar-refractivity contribution in [3.05, 3.63) is 31.9 Å². The molecule has 0 aliphatic heterocycles. The zero-order chi connectivity index (χ0) is 13.4. The van der Waals surface area contributed by atoms with Crippen molar-refractivity contribution in [3.63, 3.8) is 0 Å². The highest BCUT2D eigenvalue weighted by molar-refractivity contribution is 7.09. The second-order valence-corrected chi connectivity index (χ2v) is 5.05. The van der Waals surface area contributed by atoms with Gasteiger partial charge in [-0.2, -0.15) is 5.10 Å². The summed E-state index contributed by atoms with van der Waals surface area (Å²) in [6.07, 6.45) is 0. The predicted octanol–water partition coefficient (Wildman–Crippen LogP) is 2.06. The molecule has 2 heterocycles. The first-order valence-corrected chi connectivity index (χ1v) is 6.20. The highest BCUT2D eigenvalue weighted by Crippen LogP contribution is 2.30. The van der Waals surface area contributed by atoms with Crippen LogP contribution in [0.15, 0.2) is 5.38 Å². The Kier molecular flexibility index (Phi) is 3.04. The number of aryl methyl sites for hydroxylation is 2. The summed E-state index contributed by atoms with van der Waals surface area (Å²) in [7, 11) is 0. The molecule has 0 aromatic carbocycles. The van der Waals surface area contributed by atoms with Gasteiger partial charge in [0.1, 0.15) is 5.69 Å². The van der Waals surface area contributed by atoms with Crippen molar-refractivity contribution in [2.75, 3.05) is 5.73 Å². The number of hydrogen-bond acceptors (Lipinski definition) is 6. The lowest BCUT2D eigenvalue weighted by atomic mass is 10.2. The minimum atomic E-state index is -0.507. The lowest BCUT2D eigenvalue weighted by Gasteiger charge is -2.10. The Morgan fingerprint density at radius 1 is 1.56 bits per heavy atom. The van der Waals surface area contributed by atoms with Crippen molar-refractivity contribution in [1.82, 2.24) is 14.8 Å². The molecule has 0 saturated heterocycles. The van der Waals surface area contributed by atoms with E-state index in [0.717, 1.165) is 10.7 Å². The molecular weight excluding hydrogens is 254 g/mol. The fourth-order valence-corrected chi connectivity index (χ4v) is 2.47. The minimum Gasteiger partial charge on any atom is -0.378 e. The largest absolute Gasteiger partial charge is 0.378 e. The lowest BCUT2D eigenvalue weighted by Crippen LogP contribution is -2.12. The van der Waals surface area contributed by atoms with Gasteiger partial charge in [-0.15, -0.1) is 11.3 Å². The van der Waals surface area contributed by atoms with Gasteiger partial charge in [-0.3, -0.25) is 10.1 Å². The summed E-state index contributed by atoms with van der Waals surface area (Å²) in [5.74, 6) is 0.0654. The van der Waals surface area contributed by atoms with Gasteiger partial charge in [0.25, 0.3) is 0 Å². The third-order valence-corrected chi connectivity index (χ3v) is 3.50. The molecule has 96 valence electrons. The quantitative estimate of drug-likeness (QED) is 0.677. The molecule has 0 fully saturated rings. The van der Waals surface area contributed by atoms with Crippen molar-refractivity contribution < 1.29 is 4.92 Å². The fourth-order valence-electron chi connectivity index (χ4n) is 1.77. The number of nitrogens with two attached hydrogens (primary N) is 1. The third-order valence-electron chi connectivity index (χ3n) is 2.70.